The van der Waals surface area contributed by atoms with Gasteiger partial charge < -0.3 is 20.1 Å². The van der Waals surface area contributed by atoms with E-state index < -0.39 is 0 Å². The van der Waals surface area contributed by atoms with Crippen molar-refractivity contribution in [2.75, 3.05) is 41.3 Å². The van der Waals surface area contributed by atoms with Crippen LogP contribution < -0.4 is 15.1 Å². The fraction of sp³-hybridized carbons (Fsp3) is 0.174. The summed E-state index contributed by atoms with van der Waals surface area (Å²) in [5.41, 5.74) is 2.77. The van der Waals surface area contributed by atoms with Gasteiger partial charge in [0, 0.05) is 55.0 Å². The van der Waals surface area contributed by atoms with E-state index in [9.17, 15) is 4.79 Å². The average Bonchev–Trinajstić information content (AvgIpc) is 3.24. The van der Waals surface area contributed by atoms with E-state index in [0.717, 1.165) is 42.9 Å². The number of hydrogen-bond donors (Lipinski definition) is 2. The summed E-state index contributed by atoms with van der Waals surface area (Å²) in [4.78, 5) is 29.1. The number of anilines is 3. The zero-order chi connectivity index (χ0) is 20.3. The van der Waals surface area contributed by atoms with Crippen LogP contribution in [0.25, 0.3) is 10.9 Å². The SMILES string of the molecule is O=C(Nc1cc(N2CCN(c3ccccc3)CC2)ncn1)c1c[nH]c2ccccc12. The lowest BCUT2D eigenvalue weighted by Gasteiger charge is -2.36. The van der Waals surface area contributed by atoms with E-state index in [-0.39, 0.29) is 5.91 Å². The van der Waals surface area contributed by atoms with Gasteiger partial charge in [-0.15, -0.1) is 0 Å². The molecule has 0 saturated carbocycles. The Labute approximate surface area is 174 Å². The van der Waals surface area contributed by atoms with Gasteiger partial charge >= 0.3 is 0 Å². The summed E-state index contributed by atoms with van der Waals surface area (Å²) >= 11 is 0. The molecule has 3 heterocycles. The molecule has 1 fully saturated rings. The van der Waals surface area contributed by atoms with Gasteiger partial charge in [-0.25, -0.2) is 9.97 Å². The summed E-state index contributed by atoms with van der Waals surface area (Å²) in [5.74, 6) is 1.14. The fourth-order valence-electron chi connectivity index (χ4n) is 3.86. The van der Waals surface area contributed by atoms with E-state index in [4.69, 9.17) is 0 Å². The lowest BCUT2D eigenvalue weighted by Crippen LogP contribution is -2.46. The number of para-hydroxylation sites is 2. The second-order valence-corrected chi connectivity index (χ2v) is 7.27. The first-order chi connectivity index (χ1) is 14.8. The standard InChI is InChI=1S/C23H22N6O/c30-23(19-15-24-20-9-5-4-8-18(19)20)27-21-14-22(26-16-25-21)29-12-10-28(11-13-29)17-6-2-1-3-7-17/h1-9,14-16,24H,10-13H2,(H,25,26,27,30). The van der Waals surface area contributed by atoms with Crippen LogP contribution in [0.3, 0.4) is 0 Å². The molecule has 2 N–H and O–H groups in total. The third-order valence-corrected chi connectivity index (χ3v) is 5.45. The molecule has 0 unspecified atom stereocenters. The van der Waals surface area contributed by atoms with Gasteiger partial charge in [0.15, 0.2) is 0 Å². The second kappa shape index (κ2) is 7.87. The topological polar surface area (TPSA) is 77.2 Å². The van der Waals surface area contributed by atoms with Crippen molar-refractivity contribution in [2.24, 2.45) is 0 Å². The highest BCUT2D eigenvalue weighted by Crippen LogP contribution is 2.22. The molecule has 7 heteroatoms. The Kier molecular flexibility index (Phi) is 4.77. The molecule has 2 aromatic heterocycles. The minimum atomic E-state index is -0.189. The molecule has 7 nitrogen and oxygen atoms in total. The number of rotatable bonds is 4. The molecule has 30 heavy (non-hydrogen) atoms. The Morgan fingerprint density at radius 2 is 1.63 bits per heavy atom. The third kappa shape index (κ3) is 3.57. The molecule has 0 bridgehead atoms. The van der Waals surface area contributed by atoms with Gasteiger partial charge in [0.2, 0.25) is 0 Å². The maximum atomic E-state index is 12.8. The number of piperazine rings is 1. The molecule has 1 amide bonds. The van der Waals surface area contributed by atoms with Gasteiger partial charge in [0.1, 0.15) is 18.0 Å². The maximum absolute atomic E-state index is 12.8. The molecule has 1 aliphatic heterocycles. The molecule has 0 atom stereocenters. The van der Waals surface area contributed by atoms with Crippen LogP contribution in [0.1, 0.15) is 10.4 Å². The Hall–Kier alpha value is -3.87. The summed E-state index contributed by atoms with van der Waals surface area (Å²) in [6.07, 6.45) is 3.23. The lowest BCUT2D eigenvalue weighted by atomic mass is 10.1. The van der Waals surface area contributed by atoms with Crippen LogP contribution in [0.15, 0.2) is 73.2 Å². The summed E-state index contributed by atoms with van der Waals surface area (Å²) in [5, 5.41) is 3.79. The van der Waals surface area contributed by atoms with Crippen LogP contribution in [0.2, 0.25) is 0 Å². The molecule has 1 aliphatic rings. The lowest BCUT2D eigenvalue weighted by molar-refractivity contribution is 0.102. The number of benzene rings is 2. The van der Waals surface area contributed by atoms with Gasteiger partial charge in [-0.1, -0.05) is 36.4 Å². The number of aromatic amines is 1. The van der Waals surface area contributed by atoms with Gasteiger partial charge in [-0.3, -0.25) is 4.79 Å². The summed E-state index contributed by atoms with van der Waals surface area (Å²) < 4.78 is 0. The van der Waals surface area contributed by atoms with Crippen LogP contribution in [-0.2, 0) is 0 Å². The molecule has 0 radical (unpaired) electrons. The molecule has 150 valence electrons. The second-order valence-electron chi connectivity index (χ2n) is 7.27. The van der Waals surface area contributed by atoms with E-state index >= 15 is 0 Å². The number of nitrogens with zero attached hydrogens (tertiary/aromatic N) is 4. The van der Waals surface area contributed by atoms with E-state index in [2.05, 4.69) is 54.3 Å². The van der Waals surface area contributed by atoms with Crippen LogP contribution in [0.5, 0.6) is 0 Å². The quantitative estimate of drug-likeness (QED) is 0.550. The number of fused-ring (bicyclic) bond motifs is 1. The van der Waals surface area contributed by atoms with Gasteiger partial charge in [0.25, 0.3) is 5.91 Å². The Balaban J connectivity index is 1.27. The van der Waals surface area contributed by atoms with Crippen molar-refractivity contribution in [3.05, 3.63) is 78.8 Å². The molecule has 0 aliphatic carbocycles. The number of H-pyrrole nitrogens is 1. The van der Waals surface area contributed by atoms with Gasteiger partial charge in [-0.2, -0.15) is 0 Å². The highest BCUT2D eigenvalue weighted by Gasteiger charge is 2.19. The zero-order valence-corrected chi connectivity index (χ0v) is 16.5. The predicted molar refractivity (Wildman–Crippen MR) is 119 cm³/mol. The monoisotopic (exact) mass is 398 g/mol. The molecule has 4 aromatic rings. The summed E-state index contributed by atoms with van der Waals surface area (Å²) in [6.45, 7) is 3.57. The average molecular weight is 398 g/mol. The van der Waals surface area contributed by atoms with E-state index in [0.29, 0.717) is 11.4 Å². The first kappa shape index (κ1) is 18.2. The van der Waals surface area contributed by atoms with Crippen LogP contribution in [0, 0.1) is 0 Å². The highest BCUT2D eigenvalue weighted by atomic mass is 16.1. The molecule has 5 rings (SSSR count). The number of amides is 1. The third-order valence-electron chi connectivity index (χ3n) is 5.45. The van der Waals surface area contributed by atoms with Crippen molar-refractivity contribution < 1.29 is 4.79 Å². The Bertz CT molecular complexity index is 1160. The fourth-order valence-corrected chi connectivity index (χ4v) is 3.86. The molecular weight excluding hydrogens is 376 g/mol. The maximum Gasteiger partial charge on any atom is 0.258 e. The minimum Gasteiger partial charge on any atom is -0.368 e. The van der Waals surface area contributed by atoms with Gasteiger partial charge in [0.05, 0.1) is 5.56 Å². The first-order valence-corrected chi connectivity index (χ1v) is 10.0. The Morgan fingerprint density at radius 3 is 2.47 bits per heavy atom. The summed E-state index contributed by atoms with van der Waals surface area (Å²) in [7, 11) is 0. The van der Waals surface area contributed by atoms with Crippen molar-refractivity contribution >= 4 is 34.1 Å². The van der Waals surface area contributed by atoms with Crippen molar-refractivity contribution in [3.63, 3.8) is 0 Å². The Morgan fingerprint density at radius 1 is 0.900 bits per heavy atom. The number of carbonyl (C=O) groups excluding carboxylic acids is 1. The van der Waals surface area contributed by atoms with Crippen molar-refractivity contribution in [3.8, 4) is 0 Å². The molecular formula is C23H22N6O. The van der Waals surface area contributed by atoms with Gasteiger partial charge in [-0.05, 0) is 18.2 Å². The molecule has 0 spiro atoms. The van der Waals surface area contributed by atoms with Crippen LogP contribution in [0.4, 0.5) is 17.3 Å². The minimum absolute atomic E-state index is 0.189. The predicted octanol–water partition coefficient (Wildman–Crippen LogP) is 3.54. The number of hydrogen-bond acceptors (Lipinski definition) is 5. The zero-order valence-electron chi connectivity index (χ0n) is 16.5. The van der Waals surface area contributed by atoms with Crippen LogP contribution in [-0.4, -0.2) is 47.0 Å². The number of aromatic nitrogens is 3. The van der Waals surface area contributed by atoms with E-state index in [1.54, 1.807) is 6.20 Å². The van der Waals surface area contributed by atoms with Crippen molar-refractivity contribution in [2.45, 2.75) is 0 Å². The summed E-state index contributed by atoms with van der Waals surface area (Å²) in [6, 6.07) is 20.0. The van der Waals surface area contributed by atoms with Crippen molar-refractivity contribution in [1.29, 1.82) is 0 Å². The van der Waals surface area contributed by atoms with Crippen molar-refractivity contribution in [1.82, 2.24) is 15.0 Å². The number of carbonyl (C=O) groups is 1. The smallest absolute Gasteiger partial charge is 0.258 e. The molecule has 1 saturated heterocycles. The first-order valence-electron chi connectivity index (χ1n) is 10.0. The van der Waals surface area contributed by atoms with E-state index in [1.807, 2.05) is 36.4 Å². The normalized spacial score (nSPS) is 14.1. The largest absolute Gasteiger partial charge is 0.368 e. The molecule has 2 aromatic carbocycles. The van der Waals surface area contributed by atoms with E-state index in [1.165, 1.54) is 12.0 Å². The highest BCUT2D eigenvalue weighted by molar-refractivity contribution is 6.12. The number of nitrogens with one attached hydrogen (secondary N) is 2. The van der Waals surface area contributed by atoms with Crippen LogP contribution >= 0.6 is 0 Å².